The zero-order valence-electron chi connectivity index (χ0n) is 13.5. The number of hydrogen-bond donors (Lipinski definition) is 0. The summed E-state index contributed by atoms with van der Waals surface area (Å²) in [5.74, 6) is 1.55. The van der Waals surface area contributed by atoms with Crippen molar-refractivity contribution in [3.05, 3.63) is 36.0 Å². The van der Waals surface area contributed by atoms with Crippen LogP contribution in [-0.2, 0) is 11.2 Å². The second kappa shape index (κ2) is 6.85. The summed E-state index contributed by atoms with van der Waals surface area (Å²) in [7, 11) is 0. The summed E-state index contributed by atoms with van der Waals surface area (Å²) < 4.78 is 5.20. The van der Waals surface area contributed by atoms with Crippen molar-refractivity contribution in [3.8, 4) is 0 Å². The summed E-state index contributed by atoms with van der Waals surface area (Å²) in [6.07, 6.45) is 6.05. The summed E-state index contributed by atoms with van der Waals surface area (Å²) >= 11 is 0. The third kappa shape index (κ3) is 3.55. The van der Waals surface area contributed by atoms with Gasteiger partial charge in [-0.3, -0.25) is 4.79 Å². The van der Waals surface area contributed by atoms with Crippen LogP contribution in [0.15, 0.2) is 23.1 Å². The predicted molar refractivity (Wildman–Crippen MR) is 82.4 cm³/mol. The molecule has 1 saturated heterocycles. The fourth-order valence-electron chi connectivity index (χ4n) is 2.83. The molecular formula is C16H21N5O2. The molecule has 1 amide bonds. The van der Waals surface area contributed by atoms with Crippen molar-refractivity contribution in [2.75, 3.05) is 6.54 Å². The Kier molecular flexibility index (Phi) is 4.64. The van der Waals surface area contributed by atoms with E-state index < -0.39 is 0 Å². The SMILES string of the molecule is CC(C)c1noc(CCC(=O)N2CCC[C@H]2c2ccncn2)n1. The minimum Gasteiger partial charge on any atom is -0.339 e. The van der Waals surface area contributed by atoms with Gasteiger partial charge in [0, 0.05) is 31.5 Å². The van der Waals surface area contributed by atoms with Crippen LogP contribution in [0.25, 0.3) is 0 Å². The number of carbonyl (C=O) groups is 1. The topological polar surface area (TPSA) is 85.0 Å². The van der Waals surface area contributed by atoms with E-state index in [-0.39, 0.29) is 17.9 Å². The lowest BCUT2D eigenvalue weighted by molar-refractivity contribution is -0.132. The number of rotatable bonds is 5. The summed E-state index contributed by atoms with van der Waals surface area (Å²) in [6.45, 7) is 4.79. The van der Waals surface area contributed by atoms with E-state index in [9.17, 15) is 4.79 Å². The quantitative estimate of drug-likeness (QED) is 0.841. The molecular weight excluding hydrogens is 294 g/mol. The van der Waals surface area contributed by atoms with Crippen molar-refractivity contribution >= 4 is 5.91 Å². The minimum atomic E-state index is 0.0550. The smallest absolute Gasteiger partial charge is 0.227 e. The maximum atomic E-state index is 12.5. The number of aryl methyl sites for hydroxylation is 1. The second-order valence-corrected chi connectivity index (χ2v) is 6.08. The first-order chi connectivity index (χ1) is 11.1. The van der Waals surface area contributed by atoms with Crippen LogP contribution < -0.4 is 0 Å². The Hall–Kier alpha value is -2.31. The maximum absolute atomic E-state index is 12.5. The van der Waals surface area contributed by atoms with E-state index in [1.165, 1.54) is 6.33 Å². The highest BCUT2D eigenvalue weighted by atomic mass is 16.5. The molecule has 0 N–H and O–H groups in total. The summed E-state index contributed by atoms with van der Waals surface area (Å²) in [5.41, 5.74) is 0.908. The first-order valence-electron chi connectivity index (χ1n) is 8.03. The van der Waals surface area contributed by atoms with Gasteiger partial charge in [-0.2, -0.15) is 4.98 Å². The normalized spacial score (nSPS) is 17.9. The lowest BCUT2D eigenvalue weighted by Gasteiger charge is -2.24. The Bertz CT molecular complexity index is 656. The highest BCUT2D eigenvalue weighted by Gasteiger charge is 2.30. The van der Waals surface area contributed by atoms with E-state index in [0.717, 1.165) is 25.1 Å². The molecule has 0 saturated carbocycles. The second-order valence-electron chi connectivity index (χ2n) is 6.08. The number of amides is 1. The van der Waals surface area contributed by atoms with Gasteiger partial charge in [0.25, 0.3) is 0 Å². The Morgan fingerprint density at radius 2 is 2.35 bits per heavy atom. The van der Waals surface area contributed by atoms with Crippen molar-refractivity contribution < 1.29 is 9.32 Å². The molecule has 0 radical (unpaired) electrons. The zero-order valence-corrected chi connectivity index (χ0v) is 13.5. The number of nitrogens with zero attached hydrogens (tertiary/aromatic N) is 5. The number of likely N-dealkylation sites (tertiary alicyclic amines) is 1. The first-order valence-corrected chi connectivity index (χ1v) is 8.03. The minimum absolute atomic E-state index is 0.0550. The van der Waals surface area contributed by atoms with Crippen LogP contribution in [-0.4, -0.2) is 37.5 Å². The number of aromatic nitrogens is 4. The van der Waals surface area contributed by atoms with Gasteiger partial charge in [0.2, 0.25) is 11.8 Å². The number of hydrogen-bond acceptors (Lipinski definition) is 6. The van der Waals surface area contributed by atoms with Crippen LogP contribution in [0.1, 0.15) is 62.5 Å². The van der Waals surface area contributed by atoms with Gasteiger partial charge in [-0.1, -0.05) is 19.0 Å². The fourth-order valence-corrected chi connectivity index (χ4v) is 2.83. The van der Waals surface area contributed by atoms with Gasteiger partial charge in [0.15, 0.2) is 5.82 Å². The lowest BCUT2D eigenvalue weighted by Crippen LogP contribution is -2.31. The average Bonchev–Trinajstić information content (AvgIpc) is 3.23. The van der Waals surface area contributed by atoms with Crippen molar-refractivity contribution in [2.24, 2.45) is 0 Å². The highest BCUT2D eigenvalue weighted by Crippen LogP contribution is 2.31. The van der Waals surface area contributed by atoms with Gasteiger partial charge in [-0.25, -0.2) is 9.97 Å². The average molecular weight is 315 g/mol. The van der Waals surface area contributed by atoms with Crippen LogP contribution >= 0.6 is 0 Å². The van der Waals surface area contributed by atoms with Crippen LogP contribution in [0.5, 0.6) is 0 Å². The molecule has 0 aliphatic carbocycles. The zero-order chi connectivity index (χ0) is 16.2. The van der Waals surface area contributed by atoms with Gasteiger partial charge >= 0.3 is 0 Å². The van der Waals surface area contributed by atoms with E-state index in [1.807, 2.05) is 24.8 Å². The van der Waals surface area contributed by atoms with Crippen LogP contribution in [0.4, 0.5) is 0 Å². The van der Waals surface area contributed by atoms with Crippen molar-refractivity contribution in [3.63, 3.8) is 0 Å². The third-order valence-corrected chi connectivity index (χ3v) is 4.07. The molecule has 2 aromatic rings. The van der Waals surface area contributed by atoms with Gasteiger partial charge in [-0.05, 0) is 18.9 Å². The molecule has 1 atom stereocenters. The monoisotopic (exact) mass is 315 g/mol. The maximum Gasteiger partial charge on any atom is 0.227 e. The Balaban J connectivity index is 1.61. The van der Waals surface area contributed by atoms with E-state index in [4.69, 9.17) is 4.52 Å². The van der Waals surface area contributed by atoms with Crippen LogP contribution in [0.2, 0.25) is 0 Å². The van der Waals surface area contributed by atoms with E-state index in [0.29, 0.717) is 24.6 Å². The third-order valence-electron chi connectivity index (χ3n) is 4.07. The molecule has 0 bridgehead atoms. The molecule has 0 aromatic carbocycles. The van der Waals surface area contributed by atoms with Crippen molar-refractivity contribution in [1.29, 1.82) is 0 Å². The molecule has 7 nitrogen and oxygen atoms in total. The standard InChI is InChI=1S/C16H21N5O2/c1-11(2)16-19-14(23-20-16)5-6-15(22)21-9-3-4-13(21)12-7-8-17-10-18-12/h7-8,10-11,13H,3-6,9H2,1-2H3/t13-/m0/s1. The molecule has 1 fully saturated rings. The Morgan fingerprint density at radius 1 is 1.48 bits per heavy atom. The summed E-state index contributed by atoms with van der Waals surface area (Å²) in [4.78, 5) is 27.0. The van der Waals surface area contributed by atoms with E-state index in [1.54, 1.807) is 6.20 Å². The molecule has 0 unspecified atom stereocenters. The van der Waals surface area contributed by atoms with Crippen LogP contribution in [0, 0.1) is 0 Å². The van der Waals surface area contributed by atoms with E-state index >= 15 is 0 Å². The van der Waals surface area contributed by atoms with Gasteiger partial charge in [0.1, 0.15) is 6.33 Å². The molecule has 3 heterocycles. The molecule has 3 rings (SSSR count). The molecule has 2 aromatic heterocycles. The van der Waals surface area contributed by atoms with E-state index in [2.05, 4.69) is 20.1 Å². The van der Waals surface area contributed by atoms with Crippen molar-refractivity contribution in [2.45, 2.75) is 51.5 Å². The lowest BCUT2D eigenvalue weighted by atomic mass is 10.1. The number of carbonyl (C=O) groups excluding carboxylic acids is 1. The first kappa shape index (κ1) is 15.6. The predicted octanol–water partition coefficient (Wildman–Crippen LogP) is 2.28. The van der Waals surface area contributed by atoms with Gasteiger partial charge in [-0.15, -0.1) is 0 Å². The Morgan fingerprint density at radius 3 is 3.04 bits per heavy atom. The molecule has 1 aliphatic heterocycles. The van der Waals surface area contributed by atoms with Crippen LogP contribution in [0.3, 0.4) is 0 Å². The van der Waals surface area contributed by atoms with Gasteiger partial charge < -0.3 is 9.42 Å². The molecule has 0 spiro atoms. The Labute approximate surface area is 135 Å². The fraction of sp³-hybridized carbons (Fsp3) is 0.562. The summed E-state index contributed by atoms with van der Waals surface area (Å²) in [6, 6.07) is 1.93. The molecule has 1 aliphatic rings. The largest absolute Gasteiger partial charge is 0.339 e. The van der Waals surface area contributed by atoms with Gasteiger partial charge in [0.05, 0.1) is 11.7 Å². The molecule has 23 heavy (non-hydrogen) atoms. The van der Waals surface area contributed by atoms with Crippen molar-refractivity contribution in [1.82, 2.24) is 25.0 Å². The highest BCUT2D eigenvalue weighted by molar-refractivity contribution is 5.77. The molecule has 122 valence electrons. The summed E-state index contributed by atoms with van der Waals surface area (Å²) in [5, 5.41) is 3.93. The molecule has 7 heteroatoms.